The van der Waals surface area contributed by atoms with Gasteiger partial charge in [-0.05, 0) is 39.7 Å². The van der Waals surface area contributed by atoms with Crippen LogP contribution in [-0.2, 0) is 0 Å². The molecule has 0 saturated carbocycles. The van der Waals surface area contributed by atoms with Gasteiger partial charge in [0.15, 0.2) is 4.67 Å². The summed E-state index contributed by atoms with van der Waals surface area (Å²) < 4.78 is 6.22. The maximum absolute atomic E-state index is 11.1. The van der Waals surface area contributed by atoms with Gasteiger partial charge >= 0.3 is 5.97 Å². The average Bonchev–Trinajstić information content (AvgIpc) is 2.74. The van der Waals surface area contributed by atoms with Crippen molar-refractivity contribution in [3.63, 3.8) is 0 Å². The number of fused-ring (bicyclic) bond motifs is 1. The van der Waals surface area contributed by atoms with Crippen molar-refractivity contribution in [1.82, 2.24) is 0 Å². The van der Waals surface area contributed by atoms with Crippen LogP contribution in [0.25, 0.3) is 22.1 Å². The van der Waals surface area contributed by atoms with Gasteiger partial charge in [0.05, 0.1) is 5.56 Å². The molecule has 0 atom stereocenters. The van der Waals surface area contributed by atoms with E-state index in [0.29, 0.717) is 10.3 Å². The minimum absolute atomic E-state index is 0.248. The van der Waals surface area contributed by atoms with E-state index in [4.69, 9.17) is 9.52 Å². The zero-order valence-electron chi connectivity index (χ0n) is 9.76. The monoisotopic (exact) mass is 316 g/mol. The van der Waals surface area contributed by atoms with E-state index in [9.17, 15) is 4.79 Å². The van der Waals surface area contributed by atoms with Crippen molar-refractivity contribution in [3.05, 3.63) is 58.8 Å². The Balaban J connectivity index is 2.31. The number of rotatable bonds is 2. The zero-order chi connectivity index (χ0) is 13.4. The van der Waals surface area contributed by atoms with Crippen molar-refractivity contribution in [3.8, 4) is 11.1 Å². The molecule has 0 radical (unpaired) electrons. The summed E-state index contributed by atoms with van der Waals surface area (Å²) in [7, 11) is 0. The number of carboxylic acid groups (broad SMARTS) is 1. The Hall–Kier alpha value is -2.07. The summed E-state index contributed by atoms with van der Waals surface area (Å²) in [5, 5.41) is 9.86. The van der Waals surface area contributed by atoms with Crippen LogP contribution in [-0.4, -0.2) is 11.1 Å². The normalized spacial score (nSPS) is 10.8. The fraction of sp³-hybridized carbons (Fsp3) is 0. The molecule has 19 heavy (non-hydrogen) atoms. The summed E-state index contributed by atoms with van der Waals surface area (Å²) in [6.07, 6.45) is 0. The fourth-order valence-corrected chi connectivity index (χ4v) is 2.69. The van der Waals surface area contributed by atoms with E-state index in [-0.39, 0.29) is 5.56 Å². The second kappa shape index (κ2) is 4.55. The van der Waals surface area contributed by atoms with E-state index in [0.717, 1.165) is 16.5 Å². The summed E-state index contributed by atoms with van der Waals surface area (Å²) in [5.41, 5.74) is 2.77. The SMILES string of the molecule is O=C(O)c1ccc2oc(Br)c(-c3ccccc3)c2c1. The van der Waals surface area contributed by atoms with E-state index in [2.05, 4.69) is 15.9 Å². The van der Waals surface area contributed by atoms with Crippen LogP contribution in [0.4, 0.5) is 0 Å². The maximum Gasteiger partial charge on any atom is 0.335 e. The molecule has 2 aromatic carbocycles. The first-order chi connectivity index (χ1) is 9.16. The van der Waals surface area contributed by atoms with Crippen LogP contribution in [0.5, 0.6) is 0 Å². The molecule has 0 amide bonds. The van der Waals surface area contributed by atoms with Crippen LogP contribution < -0.4 is 0 Å². The lowest BCUT2D eigenvalue weighted by atomic mass is 10.0. The van der Waals surface area contributed by atoms with Crippen molar-refractivity contribution < 1.29 is 14.3 Å². The van der Waals surface area contributed by atoms with Crippen LogP contribution in [0, 0.1) is 0 Å². The zero-order valence-corrected chi connectivity index (χ0v) is 11.3. The summed E-state index contributed by atoms with van der Waals surface area (Å²) in [6, 6.07) is 14.6. The molecule has 0 aliphatic carbocycles. The number of benzene rings is 2. The van der Waals surface area contributed by atoms with Gasteiger partial charge in [-0.1, -0.05) is 30.3 Å². The molecule has 0 fully saturated rings. The smallest absolute Gasteiger partial charge is 0.335 e. The third kappa shape index (κ3) is 2.04. The number of hydrogen-bond acceptors (Lipinski definition) is 2. The van der Waals surface area contributed by atoms with Gasteiger partial charge in [-0.2, -0.15) is 0 Å². The van der Waals surface area contributed by atoms with Crippen molar-refractivity contribution in [2.75, 3.05) is 0 Å². The molecule has 0 spiro atoms. The van der Waals surface area contributed by atoms with Gasteiger partial charge in [-0.25, -0.2) is 4.79 Å². The summed E-state index contributed by atoms with van der Waals surface area (Å²) in [5.74, 6) is -0.946. The van der Waals surface area contributed by atoms with E-state index in [1.807, 2.05) is 30.3 Å². The molecule has 0 bridgehead atoms. The van der Waals surface area contributed by atoms with E-state index < -0.39 is 5.97 Å². The van der Waals surface area contributed by atoms with Gasteiger partial charge in [0.2, 0.25) is 0 Å². The van der Waals surface area contributed by atoms with E-state index in [1.165, 1.54) is 6.07 Å². The lowest BCUT2D eigenvalue weighted by molar-refractivity contribution is 0.0697. The Morgan fingerprint density at radius 1 is 1.11 bits per heavy atom. The molecule has 4 heteroatoms. The van der Waals surface area contributed by atoms with E-state index in [1.54, 1.807) is 12.1 Å². The average molecular weight is 317 g/mol. The predicted octanol–water partition coefficient (Wildman–Crippen LogP) is 4.56. The van der Waals surface area contributed by atoms with Crippen molar-refractivity contribution in [2.45, 2.75) is 0 Å². The van der Waals surface area contributed by atoms with E-state index >= 15 is 0 Å². The molecule has 3 nitrogen and oxygen atoms in total. The molecule has 3 aromatic rings. The molecule has 0 aliphatic heterocycles. The highest BCUT2D eigenvalue weighted by atomic mass is 79.9. The number of aromatic carboxylic acids is 1. The Morgan fingerprint density at radius 2 is 1.84 bits per heavy atom. The van der Waals surface area contributed by atoms with Crippen molar-refractivity contribution in [2.24, 2.45) is 0 Å². The van der Waals surface area contributed by atoms with Gasteiger partial charge in [0, 0.05) is 10.9 Å². The number of hydrogen-bond donors (Lipinski definition) is 1. The Bertz CT molecular complexity index is 760. The molecule has 0 unspecified atom stereocenters. The number of halogens is 1. The molecular weight excluding hydrogens is 308 g/mol. The maximum atomic E-state index is 11.1. The topological polar surface area (TPSA) is 50.4 Å². The minimum Gasteiger partial charge on any atom is -0.478 e. The molecule has 1 heterocycles. The molecule has 3 rings (SSSR count). The number of carboxylic acids is 1. The lowest BCUT2D eigenvalue weighted by Crippen LogP contribution is -1.94. The largest absolute Gasteiger partial charge is 0.478 e. The van der Waals surface area contributed by atoms with Crippen LogP contribution in [0.3, 0.4) is 0 Å². The Kier molecular flexibility index (Phi) is 2.87. The standard InChI is InChI=1S/C15H9BrO3/c16-14-13(9-4-2-1-3-5-9)11-8-10(15(17)18)6-7-12(11)19-14/h1-8H,(H,17,18). The quantitative estimate of drug-likeness (QED) is 0.754. The third-order valence-corrected chi connectivity index (χ3v) is 3.51. The minimum atomic E-state index is -0.946. The van der Waals surface area contributed by atoms with Crippen molar-refractivity contribution >= 4 is 32.9 Å². The van der Waals surface area contributed by atoms with Crippen LogP contribution >= 0.6 is 15.9 Å². The molecular formula is C15H9BrO3. The summed E-state index contributed by atoms with van der Waals surface area (Å²) in [6.45, 7) is 0. The Morgan fingerprint density at radius 3 is 2.53 bits per heavy atom. The molecule has 1 N–H and O–H groups in total. The fourth-order valence-electron chi connectivity index (χ4n) is 2.07. The second-order valence-electron chi connectivity index (χ2n) is 4.13. The summed E-state index contributed by atoms with van der Waals surface area (Å²) in [4.78, 5) is 11.1. The van der Waals surface area contributed by atoms with Crippen LogP contribution in [0.15, 0.2) is 57.6 Å². The van der Waals surface area contributed by atoms with Gasteiger partial charge < -0.3 is 9.52 Å². The van der Waals surface area contributed by atoms with Gasteiger partial charge in [0.1, 0.15) is 5.58 Å². The lowest BCUT2D eigenvalue weighted by Gasteiger charge is -2.00. The molecule has 1 aromatic heterocycles. The second-order valence-corrected chi connectivity index (χ2v) is 4.85. The van der Waals surface area contributed by atoms with Gasteiger partial charge in [0.25, 0.3) is 0 Å². The molecule has 0 aliphatic rings. The third-order valence-electron chi connectivity index (χ3n) is 2.95. The van der Waals surface area contributed by atoms with Crippen LogP contribution in [0.1, 0.15) is 10.4 Å². The highest BCUT2D eigenvalue weighted by Gasteiger charge is 2.15. The van der Waals surface area contributed by atoms with Crippen molar-refractivity contribution in [1.29, 1.82) is 0 Å². The van der Waals surface area contributed by atoms with Gasteiger partial charge in [-0.15, -0.1) is 0 Å². The summed E-state index contributed by atoms with van der Waals surface area (Å²) >= 11 is 3.39. The molecule has 94 valence electrons. The predicted molar refractivity (Wildman–Crippen MR) is 76.3 cm³/mol. The van der Waals surface area contributed by atoms with Gasteiger partial charge in [-0.3, -0.25) is 0 Å². The first kappa shape index (κ1) is 12.0. The number of carbonyl (C=O) groups is 1. The highest BCUT2D eigenvalue weighted by molar-refractivity contribution is 9.10. The first-order valence-corrected chi connectivity index (χ1v) is 6.47. The molecule has 0 saturated heterocycles. The highest BCUT2D eigenvalue weighted by Crippen LogP contribution is 2.38. The van der Waals surface area contributed by atoms with Crippen LogP contribution in [0.2, 0.25) is 0 Å². The first-order valence-electron chi connectivity index (χ1n) is 5.67. The Labute approximate surface area is 117 Å². The number of furan rings is 1.